The molecule has 2 fully saturated rings. The smallest absolute Gasteiger partial charge is 0.191 e. The SMILES string of the molecule is CN=C(NCCCN1CCCN(C)CC1)NCC1(c2cccs2)CCCCC1.I. The molecule has 0 radical (unpaired) electrons. The van der Waals surface area contributed by atoms with Crippen molar-refractivity contribution in [3.05, 3.63) is 22.4 Å². The molecule has 1 saturated heterocycles. The first-order valence-corrected chi connectivity index (χ1v) is 12.0. The van der Waals surface area contributed by atoms with Crippen LogP contribution >= 0.6 is 35.3 Å². The second-order valence-corrected chi connectivity index (χ2v) is 9.47. The van der Waals surface area contributed by atoms with Crippen LogP contribution in [0.2, 0.25) is 0 Å². The van der Waals surface area contributed by atoms with Crippen LogP contribution in [0.3, 0.4) is 0 Å². The second kappa shape index (κ2) is 13.1. The van der Waals surface area contributed by atoms with Gasteiger partial charge in [0, 0.05) is 43.5 Å². The molecule has 5 nitrogen and oxygen atoms in total. The second-order valence-electron chi connectivity index (χ2n) is 8.52. The van der Waals surface area contributed by atoms with E-state index < -0.39 is 0 Å². The van der Waals surface area contributed by atoms with Gasteiger partial charge in [0.1, 0.15) is 0 Å². The molecule has 1 saturated carbocycles. The lowest BCUT2D eigenvalue weighted by molar-refractivity contribution is 0.273. The molecule has 1 aliphatic carbocycles. The Balaban J connectivity index is 0.00000300. The number of aliphatic imine (C=N–C) groups is 1. The van der Waals surface area contributed by atoms with Gasteiger partial charge in [-0.1, -0.05) is 25.3 Å². The van der Waals surface area contributed by atoms with Crippen LogP contribution in [0.1, 0.15) is 49.8 Å². The molecule has 2 heterocycles. The molecule has 29 heavy (non-hydrogen) atoms. The quantitative estimate of drug-likeness (QED) is 0.243. The van der Waals surface area contributed by atoms with Gasteiger partial charge in [0.15, 0.2) is 5.96 Å². The van der Waals surface area contributed by atoms with Gasteiger partial charge in [-0.25, -0.2) is 0 Å². The topological polar surface area (TPSA) is 42.9 Å². The molecule has 0 aromatic carbocycles. The molecule has 0 atom stereocenters. The summed E-state index contributed by atoms with van der Waals surface area (Å²) in [6.07, 6.45) is 9.11. The molecule has 1 aliphatic heterocycles. The molecule has 0 bridgehead atoms. The fourth-order valence-electron chi connectivity index (χ4n) is 4.63. The van der Waals surface area contributed by atoms with E-state index in [9.17, 15) is 0 Å². The Morgan fingerprint density at radius 3 is 2.66 bits per heavy atom. The number of halogens is 1. The predicted molar refractivity (Wildman–Crippen MR) is 137 cm³/mol. The first-order chi connectivity index (χ1) is 13.7. The highest BCUT2D eigenvalue weighted by atomic mass is 127. The fourth-order valence-corrected chi connectivity index (χ4v) is 5.61. The maximum Gasteiger partial charge on any atom is 0.191 e. The molecule has 0 unspecified atom stereocenters. The minimum absolute atomic E-state index is 0. The van der Waals surface area contributed by atoms with Crippen LogP contribution < -0.4 is 10.6 Å². The van der Waals surface area contributed by atoms with Crippen molar-refractivity contribution in [3.8, 4) is 0 Å². The highest BCUT2D eigenvalue weighted by Crippen LogP contribution is 2.41. The van der Waals surface area contributed by atoms with Crippen LogP contribution in [-0.4, -0.2) is 75.7 Å². The number of hydrogen-bond acceptors (Lipinski definition) is 4. The lowest BCUT2D eigenvalue weighted by Crippen LogP contribution is -2.46. The van der Waals surface area contributed by atoms with Gasteiger partial charge in [-0.3, -0.25) is 4.99 Å². The Kier molecular flexibility index (Phi) is 11.3. The Hall–Kier alpha value is -0.380. The maximum atomic E-state index is 4.47. The minimum Gasteiger partial charge on any atom is -0.356 e. The van der Waals surface area contributed by atoms with Gasteiger partial charge in [0.25, 0.3) is 0 Å². The summed E-state index contributed by atoms with van der Waals surface area (Å²) in [4.78, 5) is 11.1. The van der Waals surface area contributed by atoms with Crippen molar-refractivity contribution < 1.29 is 0 Å². The number of rotatable bonds is 7. The average Bonchev–Trinajstić information content (AvgIpc) is 3.19. The molecule has 0 spiro atoms. The van der Waals surface area contributed by atoms with E-state index in [1.165, 1.54) is 77.7 Å². The molecule has 1 aromatic heterocycles. The van der Waals surface area contributed by atoms with Gasteiger partial charge < -0.3 is 20.4 Å². The highest BCUT2D eigenvalue weighted by molar-refractivity contribution is 14.0. The molecular weight excluding hydrogens is 493 g/mol. The standard InChI is InChI=1S/C22H39N5S.HI/c1-23-21(24-12-7-14-27-15-8-13-26(2)16-17-27)25-19-22(10-4-3-5-11-22)20-9-6-18-28-20;/h6,9,18H,3-5,7-8,10-17,19H2,1-2H3,(H2,23,24,25);1H. The third kappa shape index (κ3) is 7.67. The molecule has 2 aliphatic rings. The first-order valence-electron chi connectivity index (χ1n) is 11.1. The van der Waals surface area contributed by atoms with Gasteiger partial charge in [-0.05, 0) is 63.8 Å². The van der Waals surface area contributed by atoms with Gasteiger partial charge in [-0.15, -0.1) is 35.3 Å². The van der Waals surface area contributed by atoms with Crippen molar-refractivity contribution in [1.82, 2.24) is 20.4 Å². The van der Waals surface area contributed by atoms with Crippen LogP contribution in [-0.2, 0) is 5.41 Å². The monoisotopic (exact) mass is 533 g/mol. The summed E-state index contributed by atoms with van der Waals surface area (Å²) in [5.74, 6) is 0.956. The van der Waals surface area contributed by atoms with Crippen molar-refractivity contribution in [2.24, 2.45) is 4.99 Å². The van der Waals surface area contributed by atoms with Crippen molar-refractivity contribution in [3.63, 3.8) is 0 Å². The van der Waals surface area contributed by atoms with E-state index in [0.29, 0.717) is 5.41 Å². The zero-order chi connectivity index (χ0) is 19.7. The largest absolute Gasteiger partial charge is 0.356 e. The van der Waals surface area contributed by atoms with Gasteiger partial charge in [-0.2, -0.15) is 0 Å². The molecule has 3 rings (SSSR count). The summed E-state index contributed by atoms with van der Waals surface area (Å²) in [5, 5.41) is 9.41. The fraction of sp³-hybridized carbons (Fsp3) is 0.773. The predicted octanol–water partition coefficient (Wildman–Crippen LogP) is 3.76. The summed E-state index contributed by atoms with van der Waals surface area (Å²) in [5.41, 5.74) is 0.294. The molecular formula is C22H40IN5S. The van der Waals surface area contributed by atoms with E-state index in [1.54, 1.807) is 4.88 Å². The molecule has 0 amide bonds. The Morgan fingerprint density at radius 1 is 1.10 bits per heavy atom. The van der Waals surface area contributed by atoms with Crippen LogP contribution in [0.15, 0.2) is 22.5 Å². The summed E-state index contributed by atoms with van der Waals surface area (Å²) in [6.45, 7) is 8.02. The maximum absolute atomic E-state index is 4.47. The number of nitrogens with zero attached hydrogens (tertiary/aromatic N) is 3. The van der Waals surface area contributed by atoms with E-state index in [4.69, 9.17) is 0 Å². The number of guanidine groups is 1. The molecule has 2 N–H and O–H groups in total. The normalized spacial score (nSPS) is 21.2. The Bertz CT molecular complexity index is 586. The van der Waals surface area contributed by atoms with E-state index in [2.05, 4.69) is 50.0 Å². The van der Waals surface area contributed by atoms with E-state index >= 15 is 0 Å². The van der Waals surface area contributed by atoms with Gasteiger partial charge in [0.2, 0.25) is 0 Å². The van der Waals surface area contributed by atoms with Crippen molar-refractivity contribution in [2.45, 2.75) is 50.4 Å². The highest BCUT2D eigenvalue weighted by Gasteiger charge is 2.34. The Morgan fingerprint density at radius 2 is 1.93 bits per heavy atom. The summed E-state index contributed by atoms with van der Waals surface area (Å²) < 4.78 is 0. The number of nitrogens with one attached hydrogen (secondary N) is 2. The van der Waals surface area contributed by atoms with E-state index in [1.807, 2.05) is 18.4 Å². The van der Waals surface area contributed by atoms with Crippen LogP contribution in [0, 0.1) is 0 Å². The first kappa shape index (κ1) is 24.9. The number of hydrogen-bond donors (Lipinski definition) is 2. The van der Waals surface area contributed by atoms with Crippen LogP contribution in [0.4, 0.5) is 0 Å². The Labute approximate surface area is 198 Å². The third-order valence-electron chi connectivity index (χ3n) is 6.43. The van der Waals surface area contributed by atoms with Crippen LogP contribution in [0.5, 0.6) is 0 Å². The zero-order valence-electron chi connectivity index (χ0n) is 18.3. The number of thiophene rings is 1. The van der Waals surface area contributed by atoms with Crippen molar-refractivity contribution in [1.29, 1.82) is 0 Å². The van der Waals surface area contributed by atoms with E-state index in [-0.39, 0.29) is 24.0 Å². The zero-order valence-corrected chi connectivity index (χ0v) is 21.4. The van der Waals surface area contributed by atoms with Crippen LogP contribution in [0.25, 0.3) is 0 Å². The minimum atomic E-state index is 0. The van der Waals surface area contributed by atoms with Crippen molar-refractivity contribution in [2.75, 3.05) is 59.9 Å². The lowest BCUT2D eigenvalue weighted by atomic mass is 9.73. The van der Waals surface area contributed by atoms with E-state index in [0.717, 1.165) is 19.0 Å². The summed E-state index contributed by atoms with van der Waals surface area (Å²) in [6, 6.07) is 4.52. The third-order valence-corrected chi connectivity index (χ3v) is 7.54. The molecule has 1 aromatic rings. The summed E-state index contributed by atoms with van der Waals surface area (Å²) in [7, 11) is 4.12. The number of likely N-dealkylation sites (N-methyl/N-ethyl adjacent to an activating group) is 1. The summed E-state index contributed by atoms with van der Waals surface area (Å²) >= 11 is 1.92. The lowest BCUT2D eigenvalue weighted by Gasteiger charge is -2.37. The van der Waals surface area contributed by atoms with Crippen molar-refractivity contribution >= 4 is 41.3 Å². The molecule has 166 valence electrons. The van der Waals surface area contributed by atoms with Gasteiger partial charge in [0.05, 0.1) is 0 Å². The van der Waals surface area contributed by atoms with Gasteiger partial charge >= 0.3 is 0 Å². The average molecular weight is 534 g/mol. The molecule has 7 heteroatoms.